The number of fused-ring (bicyclic) bond motifs is 2. The predicted octanol–water partition coefficient (Wildman–Crippen LogP) is 5.22. The van der Waals surface area contributed by atoms with Crippen molar-refractivity contribution in [3.05, 3.63) is 103 Å². The third kappa shape index (κ3) is 10.8. The quantitative estimate of drug-likeness (QED) is 0.0788. The van der Waals surface area contributed by atoms with Crippen molar-refractivity contribution in [3.8, 4) is 0 Å². The summed E-state index contributed by atoms with van der Waals surface area (Å²) in [6.45, 7) is 8.91. The number of carboxylic acids is 1. The van der Waals surface area contributed by atoms with Crippen LogP contribution >= 0.6 is 22.7 Å². The lowest BCUT2D eigenvalue weighted by molar-refractivity contribution is -0.142. The van der Waals surface area contributed by atoms with E-state index in [1.54, 1.807) is 59.1 Å². The first kappa shape index (κ1) is 42.5. The minimum Gasteiger partial charge on any atom is -0.477 e. The monoisotopic (exact) mass is 830 g/mol. The summed E-state index contributed by atoms with van der Waals surface area (Å²) in [4.78, 5) is 74.2. The van der Waals surface area contributed by atoms with E-state index >= 15 is 0 Å². The Morgan fingerprint density at radius 3 is 1.72 bits per heavy atom. The van der Waals surface area contributed by atoms with Gasteiger partial charge in [0.25, 0.3) is 17.7 Å². The zero-order chi connectivity index (χ0) is 42.1. The zero-order valence-corrected chi connectivity index (χ0v) is 34.0. The van der Waals surface area contributed by atoms with Crippen molar-refractivity contribution in [1.29, 1.82) is 0 Å². The molecule has 0 aliphatic rings. The molecule has 17 nitrogen and oxygen atoms in total. The van der Waals surface area contributed by atoms with E-state index in [0.717, 1.165) is 55.6 Å². The van der Waals surface area contributed by atoms with Crippen LogP contribution in [0.1, 0.15) is 81.7 Å². The van der Waals surface area contributed by atoms with Crippen molar-refractivity contribution in [3.63, 3.8) is 0 Å². The number of nitrogens with zero attached hydrogens (tertiary/aromatic N) is 2. The van der Waals surface area contributed by atoms with Crippen LogP contribution in [0.2, 0.25) is 0 Å². The van der Waals surface area contributed by atoms with Crippen LogP contribution in [0.3, 0.4) is 0 Å². The molecule has 4 aromatic heterocycles. The van der Waals surface area contributed by atoms with Gasteiger partial charge in [-0.15, -0.1) is 22.7 Å². The second-order valence-electron chi connectivity index (χ2n) is 13.8. The van der Waals surface area contributed by atoms with Gasteiger partial charge in [-0.1, -0.05) is 24.3 Å². The molecule has 0 unspecified atom stereocenters. The summed E-state index contributed by atoms with van der Waals surface area (Å²) >= 11 is 1.99. The molecule has 0 bridgehead atoms. The summed E-state index contributed by atoms with van der Waals surface area (Å²) in [5, 5.41) is 35.3. The average Bonchev–Trinajstić information content (AvgIpc) is 4.00. The Kier molecular flexibility index (Phi) is 13.6. The summed E-state index contributed by atoms with van der Waals surface area (Å²) in [6, 6.07) is 13.4. The van der Waals surface area contributed by atoms with Gasteiger partial charge in [0.1, 0.15) is 16.5 Å². The van der Waals surface area contributed by atoms with E-state index in [9.17, 15) is 28.8 Å². The number of aryl methyl sites for hydroxylation is 2. The molecule has 4 heterocycles. The van der Waals surface area contributed by atoms with Crippen LogP contribution in [0.5, 0.6) is 0 Å². The van der Waals surface area contributed by atoms with Gasteiger partial charge in [0, 0.05) is 23.9 Å². The molecule has 58 heavy (non-hydrogen) atoms. The number of thiophene rings is 2. The molecule has 19 heteroatoms. The molecule has 304 valence electrons. The highest BCUT2D eigenvalue weighted by Crippen LogP contribution is 2.24. The Hall–Kier alpha value is -6.60. The number of carboxylic acid groups (broad SMARTS) is 1. The second kappa shape index (κ2) is 18.6. The number of ether oxygens (including phenoxy) is 2. The van der Waals surface area contributed by atoms with E-state index in [1.165, 1.54) is 7.11 Å². The van der Waals surface area contributed by atoms with Gasteiger partial charge in [0.05, 0.1) is 51.7 Å². The summed E-state index contributed by atoms with van der Waals surface area (Å²) in [6.07, 6.45) is 2.68. The topological polar surface area (TPSA) is 247 Å². The molecule has 0 aliphatic heterocycles. The fourth-order valence-electron chi connectivity index (χ4n) is 5.58. The van der Waals surface area contributed by atoms with E-state index in [1.807, 2.05) is 36.4 Å². The number of esters is 1. The number of rotatable bonds is 12. The van der Waals surface area contributed by atoms with Crippen LogP contribution in [-0.4, -0.2) is 86.6 Å². The van der Waals surface area contributed by atoms with Gasteiger partial charge < -0.3 is 35.8 Å². The van der Waals surface area contributed by atoms with E-state index in [4.69, 9.17) is 14.6 Å². The lowest BCUT2D eigenvalue weighted by atomic mass is 10.1. The van der Waals surface area contributed by atoms with Gasteiger partial charge in [-0.25, -0.2) is 14.4 Å². The summed E-state index contributed by atoms with van der Waals surface area (Å²) in [7, 11) is 1.18. The molecule has 0 radical (unpaired) electrons. The Morgan fingerprint density at radius 1 is 0.759 bits per heavy atom. The largest absolute Gasteiger partial charge is 0.477 e. The van der Waals surface area contributed by atoms with Crippen LogP contribution in [0, 0.1) is 13.8 Å². The molecule has 4 amide bonds. The van der Waals surface area contributed by atoms with Crippen molar-refractivity contribution in [2.45, 2.75) is 59.4 Å². The number of hydrogen-bond donors (Lipinski definition) is 7. The number of benzene rings is 2. The average molecular weight is 831 g/mol. The van der Waals surface area contributed by atoms with Crippen LogP contribution in [0.25, 0.3) is 21.8 Å². The van der Waals surface area contributed by atoms with Gasteiger partial charge in [-0.05, 0) is 81.1 Å². The maximum Gasteiger partial charge on any atom is 0.407 e. The van der Waals surface area contributed by atoms with E-state index in [-0.39, 0.29) is 34.7 Å². The molecule has 0 saturated carbocycles. The summed E-state index contributed by atoms with van der Waals surface area (Å²) in [5.41, 5.74) is 4.08. The third-order valence-corrected chi connectivity index (χ3v) is 10.8. The summed E-state index contributed by atoms with van der Waals surface area (Å²) < 4.78 is 9.89. The Bertz CT molecular complexity index is 2480. The number of H-pyrrole nitrogens is 2. The van der Waals surface area contributed by atoms with E-state index < -0.39 is 35.6 Å². The lowest BCUT2D eigenvalue weighted by Crippen LogP contribution is -2.49. The molecule has 6 aromatic rings. The van der Waals surface area contributed by atoms with Crippen molar-refractivity contribution in [2.75, 3.05) is 13.7 Å². The molecular weight excluding hydrogens is 789 g/mol. The molecule has 1 atom stereocenters. The van der Waals surface area contributed by atoms with Crippen LogP contribution < -0.4 is 21.3 Å². The SMILES string of the molecule is COC(=O)[C@H](CNC(=O)OC(C)(C)C)NC(=O)c1sc(C(=O)NCc2cccc3[nH]ncc23)cc1C.Cc1cc(C(=O)NCc2cccc3[nH]ncc23)sc1C(=O)O. The first-order valence-corrected chi connectivity index (χ1v) is 19.4. The summed E-state index contributed by atoms with van der Waals surface area (Å²) in [5.74, 6) is -2.93. The number of hydrogen-bond acceptors (Lipinski definition) is 12. The number of methoxy groups -OCH3 is 1. The highest BCUT2D eigenvalue weighted by molar-refractivity contribution is 7.16. The molecular formula is C39H42N8O9S2. The van der Waals surface area contributed by atoms with E-state index in [2.05, 4.69) is 41.7 Å². The Morgan fingerprint density at radius 2 is 1.26 bits per heavy atom. The number of aromatic nitrogens is 4. The second-order valence-corrected chi connectivity index (χ2v) is 15.9. The van der Waals surface area contributed by atoms with Crippen molar-refractivity contribution in [2.24, 2.45) is 0 Å². The number of nitrogens with one attached hydrogen (secondary N) is 6. The number of carbonyl (C=O) groups is 6. The van der Waals surface area contributed by atoms with Gasteiger partial charge in [0.15, 0.2) is 0 Å². The first-order valence-electron chi connectivity index (χ1n) is 17.7. The number of aromatic amines is 2. The molecule has 6 rings (SSSR count). The number of aromatic carboxylic acids is 1. The molecule has 0 fully saturated rings. The molecule has 0 aliphatic carbocycles. The van der Waals surface area contributed by atoms with Gasteiger partial charge in [-0.2, -0.15) is 10.2 Å². The molecule has 0 spiro atoms. The number of amides is 4. The predicted molar refractivity (Wildman–Crippen MR) is 217 cm³/mol. The zero-order valence-electron chi connectivity index (χ0n) is 32.4. The molecule has 2 aromatic carbocycles. The normalized spacial score (nSPS) is 11.6. The number of alkyl carbamates (subject to hydrolysis) is 1. The van der Waals surface area contributed by atoms with Gasteiger partial charge in [-0.3, -0.25) is 24.6 Å². The van der Waals surface area contributed by atoms with Crippen molar-refractivity contribution < 1.29 is 43.3 Å². The van der Waals surface area contributed by atoms with Gasteiger partial charge in [0.2, 0.25) is 0 Å². The Balaban J connectivity index is 0.000000247. The maximum atomic E-state index is 12.9. The standard InChI is InChI=1S/C24H29N5O6S.C15H13N3O3S/c1-13-9-18(20(30)25-10-14-7-6-8-16-15(14)11-27-29-16)36-19(13)21(31)28-17(22(32)34-5)12-26-23(33)35-24(2,3)4;1-8-5-12(22-13(8)15(20)21)14(19)16-6-9-3-2-4-11-10(9)7-17-18-11/h6-9,11,17H,10,12H2,1-5H3,(H,25,30)(H,26,33)(H,27,29)(H,28,31);2-5,7H,6H2,1H3,(H,16,19)(H,17,18)(H,20,21)/t17-;/m0./s1. The molecule has 7 N–H and O–H groups in total. The lowest BCUT2D eigenvalue weighted by Gasteiger charge is -2.21. The Labute approximate surface area is 339 Å². The minimum atomic E-state index is -1.15. The fraction of sp³-hybridized carbons (Fsp3) is 0.282. The van der Waals surface area contributed by atoms with Crippen LogP contribution in [-0.2, 0) is 27.4 Å². The highest BCUT2D eigenvalue weighted by Gasteiger charge is 2.27. The van der Waals surface area contributed by atoms with E-state index in [0.29, 0.717) is 27.4 Å². The van der Waals surface area contributed by atoms with Crippen molar-refractivity contribution >= 4 is 80.2 Å². The fourth-order valence-corrected chi connectivity index (χ4v) is 7.50. The molecule has 0 saturated heterocycles. The number of carbonyl (C=O) groups excluding carboxylic acids is 5. The highest BCUT2D eigenvalue weighted by atomic mass is 32.1. The van der Waals surface area contributed by atoms with Gasteiger partial charge >= 0.3 is 18.0 Å². The third-order valence-electron chi connectivity index (χ3n) is 8.35. The first-order chi connectivity index (χ1) is 27.5. The van der Waals surface area contributed by atoms with Crippen LogP contribution in [0.4, 0.5) is 4.79 Å². The minimum absolute atomic E-state index is 0.196. The smallest absolute Gasteiger partial charge is 0.407 e. The van der Waals surface area contributed by atoms with Crippen LogP contribution in [0.15, 0.2) is 60.9 Å². The van der Waals surface area contributed by atoms with Crippen molar-refractivity contribution in [1.82, 2.24) is 41.7 Å². The maximum absolute atomic E-state index is 12.9.